The summed E-state index contributed by atoms with van der Waals surface area (Å²) in [6, 6.07) is 11.0. The molecule has 3 heterocycles. The number of benzene rings is 1. The van der Waals surface area contributed by atoms with E-state index in [-0.39, 0.29) is 0 Å². The third kappa shape index (κ3) is 3.73. The van der Waals surface area contributed by atoms with Gasteiger partial charge in [0.15, 0.2) is 0 Å². The Balaban J connectivity index is 1.55. The van der Waals surface area contributed by atoms with Crippen LogP contribution in [0, 0.1) is 0 Å². The molecule has 0 N–H and O–H groups in total. The number of nitrogens with zero attached hydrogens (tertiary/aromatic N) is 5. The highest BCUT2D eigenvalue weighted by atomic mass is 35.5. The van der Waals surface area contributed by atoms with Crippen LogP contribution in [0.5, 0.6) is 0 Å². The van der Waals surface area contributed by atoms with E-state index in [0.29, 0.717) is 34.9 Å². The van der Waals surface area contributed by atoms with E-state index in [0.717, 1.165) is 11.1 Å². The van der Waals surface area contributed by atoms with E-state index in [2.05, 4.69) is 25.3 Å². The number of hydrogen-bond donors (Lipinski definition) is 0. The molecule has 0 unspecified atom stereocenters. The lowest BCUT2D eigenvalue weighted by atomic mass is 9.89. The van der Waals surface area contributed by atoms with Crippen LogP contribution >= 0.6 is 11.6 Å². The van der Waals surface area contributed by atoms with E-state index in [1.807, 2.05) is 38.1 Å². The molecule has 27 heavy (non-hydrogen) atoms. The molecule has 4 rings (SSSR count). The molecule has 0 bridgehead atoms. The Hall–Kier alpha value is -3.06. The van der Waals surface area contributed by atoms with Gasteiger partial charge in [0.25, 0.3) is 0 Å². The van der Waals surface area contributed by atoms with Gasteiger partial charge in [0.05, 0.1) is 5.41 Å². The van der Waals surface area contributed by atoms with Crippen molar-refractivity contribution in [2.45, 2.75) is 25.7 Å². The van der Waals surface area contributed by atoms with Crippen LogP contribution < -0.4 is 0 Å². The summed E-state index contributed by atoms with van der Waals surface area (Å²) < 4.78 is 11.3. The van der Waals surface area contributed by atoms with Crippen LogP contribution in [0.15, 0.2) is 57.7 Å². The molecule has 4 aromatic rings. The summed E-state index contributed by atoms with van der Waals surface area (Å²) in [5.41, 5.74) is 1.14. The average molecular weight is 382 g/mol. The van der Waals surface area contributed by atoms with Crippen molar-refractivity contribution in [3.8, 4) is 22.8 Å². The van der Waals surface area contributed by atoms with Gasteiger partial charge < -0.3 is 8.94 Å². The number of rotatable bonds is 5. The van der Waals surface area contributed by atoms with Gasteiger partial charge in [-0.2, -0.15) is 4.98 Å². The Morgan fingerprint density at radius 1 is 1.04 bits per heavy atom. The normalized spacial score (nSPS) is 11.7. The fraction of sp³-hybridized carbons (Fsp3) is 0.211. The van der Waals surface area contributed by atoms with Crippen LogP contribution in [0.3, 0.4) is 0 Å². The lowest BCUT2D eigenvalue weighted by molar-refractivity contribution is 0.313. The molecule has 0 radical (unpaired) electrons. The Kier molecular flexibility index (Phi) is 4.45. The van der Waals surface area contributed by atoms with E-state index in [9.17, 15) is 0 Å². The first-order chi connectivity index (χ1) is 13.0. The first-order valence-corrected chi connectivity index (χ1v) is 8.72. The van der Waals surface area contributed by atoms with E-state index < -0.39 is 5.41 Å². The third-order valence-corrected chi connectivity index (χ3v) is 4.31. The summed E-state index contributed by atoms with van der Waals surface area (Å²) in [5.74, 6) is 1.92. The van der Waals surface area contributed by atoms with Crippen molar-refractivity contribution in [3.63, 3.8) is 0 Å². The molecule has 0 spiro atoms. The Morgan fingerprint density at radius 2 is 1.85 bits per heavy atom. The van der Waals surface area contributed by atoms with Crippen LogP contribution in [0.4, 0.5) is 0 Å². The highest BCUT2D eigenvalue weighted by Crippen LogP contribution is 2.29. The molecule has 0 aliphatic carbocycles. The summed E-state index contributed by atoms with van der Waals surface area (Å²) in [6.45, 7) is 3.97. The van der Waals surface area contributed by atoms with E-state index in [1.54, 1.807) is 24.5 Å². The first-order valence-electron chi connectivity index (χ1n) is 8.34. The van der Waals surface area contributed by atoms with Gasteiger partial charge in [-0.15, -0.1) is 10.2 Å². The minimum Gasteiger partial charge on any atom is -0.420 e. The summed E-state index contributed by atoms with van der Waals surface area (Å²) in [7, 11) is 0. The van der Waals surface area contributed by atoms with Crippen molar-refractivity contribution in [3.05, 3.63) is 65.6 Å². The van der Waals surface area contributed by atoms with Crippen LogP contribution in [-0.2, 0) is 11.8 Å². The maximum atomic E-state index is 6.02. The molecular weight excluding hydrogens is 366 g/mol. The van der Waals surface area contributed by atoms with Gasteiger partial charge >= 0.3 is 0 Å². The van der Waals surface area contributed by atoms with Crippen molar-refractivity contribution < 1.29 is 8.94 Å². The quantitative estimate of drug-likeness (QED) is 0.507. The minimum atomic E-state index is -0.476. The summed E-state index contributed by atoms with van der Waals surface area (Å²) >= 11 is 6.02. The highest BCUT2D eigenvalue weighted by molar-refractivity contribution is 6.30. The third-order valence-electron chi connectivity index (χ3n) is 4.08. The SMILES string of the molecule is CC(C)(Cc1nc(-c2cccc(Cl)c2)no1)c1nnc(-c2ccncc2)o1. The fourth-order valence-corrected chi connectivity index (χ4v) is 2.82. The Bertz CT molecular complexity index is 1060. The molecule has 0 aliphatic rings. The Morgan fingerprint density at radius 3 is 2.63 bits per heavy atom. The van der Waals surface area contributed by atoms with Crippen LogP contribution in [0.1, 0.15) is 25.6 Å². The van der Waals surface area contributed by atoms with Crippen LogP contribution in [0.2, 0.25) is 5.02 Å². The molecule has 0 aliphatic heterocycles. The summed E-state index contributed by atoms with van der Waals surface area (Å²) in [5, 5.41) is 13.0. The molecule has 0 fully saturated rings. The second-order valence-corrected chi connectivity index (χ2v) is 7.17. The van der Waals surface area contributed by atoms with Crippen molar-refractivity contribution in [1.82, 2.24) is 25.3 Å². The number of halogens is 1. The zero-order chi connectivity index (χ0) is 18.9. The van der Waals surface area contributed by atoms with Gasteiger partial charge in [-0.05, 0) is 24.3 Å². The largest absolute Gasteiger partial charge is 0.420 e. The van der Waals surface area contributed by atoms with Crippen molar-refractivity contribution >= 4 is 11.6 Å². The Labute approximate surface area is 160 Å². The lowest BCUT2D eigenvalue weighted by Gasteiger charge is -2.16. The predicted octanol–water partition coefficient (Wildman–Crippen LogP) is 4.36. The standard InChI is InChI=1S/C19H16ClN5O2/c1-19(2,18-24-23-17(26-18)12-6-8-21-9-7-12)11-15-22-16(25-27-15)13-4-3-5-14(20)10-13/h3-10H,11H2,1-2H3. The maximum absolute atomic E-state index is 6.02. The summed E-state index contributed by atoms with van der Waals surface area (Å²) in [6.07, 6.45) is 3.82. The zero-order valence-electron chi connectivity index (χ0n) is 14.8. The van der Waals surface area contributed by atoms with Crippen LogP contribution in [-0.4, -0.2) is 25.3 Å². The molecule has 0 saturated carbocycles. The molecule has 0 amide bonds. The second kappa shape index (κ2) is 6.92. The first kappa shape index (κ1) is 17.4. The van der Waals surface area contributed by atoms with Gasteiger partial charge in [-0.1, -0.05) is 42.7 Å². The average Bonchev–Trinajstić information content (AvgIpc) is 3.32. The predicted molar refractivity (Wildman–Crippen MR) is 99.0 cm³/mol. The van der Waals surface area contributed by atoms with E-state index >= 15 is 0 Å². The zero-order valence-corrected chi connectivity index (χ0v) is 15.5. The number of pyridine rings is 1. The van der Waals surface area contributed by atoms with Gasteiger partial charge in [-0.3, -0.25) is 4.98 Å². The molecule has 7 nitrogen and oxygen atoms in total. The molecule has 8 heteroatoms. The van der Waals surface area contributed by atoms with E-state index in [1.165, 1.54) is 0 Å². The topological polar surface area (TPSA) is 90.7 Å². The van der Waals surface area contributed by atoms with Gasteiger partial charge in [0.1, 0.15) is 0 Å². The minimum absolute atomic E-state index is 0.450. The second-order valence-electron chi connectivity index (χ2n) is 6.73. The number of hydrogen-bond acceptors (Lipinski definition) is 7. The molecule has 0 atom stereocenters. The van der Waals surface area contributed by atoms with Crippen molar-refractivity contribution in [2.24, 2.45) is 0 Å². The van der Waals surface area contributed by atoms with Gasteiger partial charge in [0.2, 0.25) is 23.5 Å². The van der Waals surface area contributed by atoms with Gasteiger partial charge in [-0.25, -0.2) is 0 Å². The fourth-order valence-electron chi connectivity index (χ4n) is 2.63. The molecule has 1 aromatic carbocycles. The molecular formula is C19H16ClN5O2. The monoisotopic (exact) mass is 381 g/mol. The highest BCUT2D eigenvalue weighted by Gasteiger charge is 2.30. The summed E-state index contributed by atoms with van der Waals surface area (Å²) in [4.78, 5) is 8.45. The van der Waals surface area contributed by atoms with Crippen LogP contribution in [0.25, 0.3) is 22.8 Å². The molecule has 0 saturated heterocycles. The molecule has 3 aromatic heterocycles. The van der Waals surface area contributed by atoms with Crippen molar-refractivity contribution in [2.75, 3.05) is 0 Å². The van der Waals surface area contributed by atoms with Gasteiger partial charge in [0, 0.05) is 35.0 Å². The van der Waals surface area contributed by atoms with Crippen molar-refractivity contribution in [1.29, 1.82) is 0 Å². The number of aromatic nitrogens is 5. The molecule has 136 valence electrons. The van der Waals surface area contributed by atoms with E-state index in [4.69, 9.17) is 20.5 Å². The smallest absolute Gasteiger partial charge is 0.247 e. The maximum Gasteiger partial charge on any atom is 0.247 e. The lowest BCUT2D eigenvalue weighted by Crippen LogP contribution is -2.21.